The van der Waals surface area contributed by atoms with Crippen LogP contribution in [-0.4, -0.2) is 37.8 Å². The first kappa shape index (κ1) is 14.0. The van der Waals surface area contributed by atoms with E-state index >= 15 is 0 Å². The number of rotatable bonds is 3. The Balaban J connectivity index is 3.03. The predicted octanol–water partition coefficient (Wildman–Crippen LogP) is 1.96. The minimum absolute atomic E-state index is 0.194. The molecule has 0 saturated heterocycles. The molecule has 7 heteroatoms. The van der Waals surface area contributed by atoms with Gasteiger partial charge < -0.3 is 10.0 Å². The van der Waals surface area contributed by atoms with Crippen LogP contribution in [0.3, 0.4) is 0 Å². The van der Waals surface area contributed by atoms with E-state index in [0.29, 0.717) is 10.0 Å². The SMILES string of the molecule is CN(Cc1ccc(S(C)(=O)=O)cc1Br)C(=O)O. The highest BCUT2D eigenvalue weighted by Crippen LogP contribution is 2.22. The van der Waals surface area contributed by atoms with Crippen LogP contribution in [0.5, 0.6) is 0 Å². The molecule has 17 heavy (non-hydrogen) atoms. The van der Waals surface area contributed by atoms with E-state index in [2.05, 4.69) is 15.9 Å². The van der Waals surface area contributed by atoms with Crippen molar-refractivity contribution in [2.45, 2.75) is 11.4 Å². The molecule has 5 nitrogen and oxygen atoms in total. The summed E-state index contributed by atoms with van der Waals surface area (Å²) < 4.78 is 23.2. The predicted molar refractivity (Wildman–Crippen MR) is 66.7 cm³/mol. The summed E-state index contributed by atoms with van der Waals surface area (Å²) >= 11 is 3.23. The third kappa shape index (κ3) is 3.71. The lowest BCUT2D eigenvalue weighted by molar-refractivity contribution is 0.153. The van der Waals surface area contributed by atoms with Crippen molar-refractivity contribution in [3.8, 4) is 0 Å². The topological polar surface area (TPSA) is 74.7 Å². The Morgan fingerprint density at radius 2 is 2.06 bits per heavy atom. The van der Waals surface area contributed by atoms with Crippen LogP contribution in [0.4, 0.5) is 4.79 Å². The smallest absolute Gasteiger partial charge is 0.407 e. The van der Waals surface area contributed by atoms with Crippen LogP contribution in [0.1, 0.15) is 5.56 Å². The van der Waals surface area contributed by atoms with Gasteiger partial charge in [0.15, 0.2) is 9.84 Å². The second-order valence-corrected chi connectivity index (χ2v) is 6.53. The molecule has 0 heterocycles. The maximum Gasteiger partial charge on any atom is 0.407 e. The third-order valence-electron chi connectivity index (χ3n) is 2.19. The number of benzene rings is 1. The zero-order valence-corrected chi connectivity index (χ0v) is 11.7. The summed E-state index contributed by atoms with van der Waals surface area (Å²) in [4.78, 5) is 12.0. The van der Waals surface area contributed by atoms with Crippen molar-refractivity contribution in [2.24, 2.45) is 0 Å². The largest absolute Gasteiger partial charge is 0.465 e. The standard InChI is InChI=1S/C10H12BrNO4S/c1-12(10(13)14)6-7-3-4-8(5-9(7)11)17(2,15)16/h3-5H,6H2,1-2H3,(H,13,14). The number of carboxylic acid groups (broad SMARTS) is 1. The molecule has 1 amide bonds. The molecule has 0 aliphatic heterocycles. The first-order valence-corrected chi connectivity index (χ1v) is 7.33. The van der Waals surface area contributed by atoms with Crippen molar-refractivity contribution in [1.82, 2.24) is 4.90 Å². The molecule has 0 radical (unpaired) electrons. The van der Waals surface area contributed by atoms with Crippen molar-refractivity contribution in [3.05, 3.63) is 28.2 Å². The van der Waals surface area contributed by atoms with Gasteiger partial charge in [0.25, 0.3) is 0 Å². The van der Waals surface area contributed by atoms with Gasteiger partial charge in [0.2, 0.25) is 0 Å². The number of amides is 1. The van der Waals surface area contributed by atoms with E-state index in [0.717, 1.165) is 11.2 Å². The summed E-state index contributed by atoms with van der Waals surface area (Å²) in [7, 11) is -1.80. The average Bonchev–Trinajstić information content (AvgIpc) is 2.19. The Morgan fingerprint density at radius 1 is 1.47 bits per heavy atom. The maximum absolute atomic E-state index is 11.3. The quantitative estimate of drug-likeness (QED) is 0.923. The molecule has 1 aromatic rings. The van der Waals surface area contributed by atoms with E-state index in [9.17, 15) is 13.2 Å². The summed E-state index contributed by atoms with van der Waals surface area (Å²) in [6.07, 6.45) is 0.0850. The van der Waals surface area contributed by atoms with Crippen molar-refractivity contribution in [1.29, 1.82) is 0 Å². The van der Waals surface area contributed by atoms with Crippen LogP contribution >= 0.6 is 15.9 Å². The molecule has 1 N–H and O–H groups in total. The van der Waals surface area contributed by atoms with E-state index in [1.54, 1.807) is 6.07 Å². The van der Waals surface area contributed by atoms with Gasteiger partial charge in [0.05, 0.1) is 4.90 Å². The molecule has 0 atom stereocenters. The van der Waals surface area contributed by atoms with Crippen LogP contribution in [0, 0.1) is 0 Å². The zero-order valence-electron chi connectivity index (χ0n) is 9.34. The molecular weight excluding hydrogens is 310 g/mol. The molecule has 94 valence electrons. The van der Waals surface area contributed by atoms with Crippen molar-refractivity contribution >= 4 is 31.9 Å². The first-order valence-electron chi connectivity index (χ1n) is 4.64. The number of hydrogen-bond acceptors (Lipinski definition) is 3. The summed E-state index contributed by atoms with van der Waals surface area (Å²) in [5.74, 6) is 0. The molecule has 0 spiro atoms. The average molecular weight is 322 g/mol. The lowest BCUT2D eigenvalue weighted by Crippen LogP contribution is -2.24. The molecule has 0 aliphatic carbocycles. The highest BCUT2D eigenvalue weighted by Gasteiger charge is 2.12. The van der Waals surface area contributed by atoms with Crippen LogP contribution in [0.2, 0.25) is 0 Å². The maximum atomic E-state index is 11.3. The van der Waals surface area contributed by atoms with Crippen molar-refractivity contribution in [2.75, 3.05) is 13.3 Å². The molecule has 0 saturated carbocycles. The van der Waals surface area contributed by atoms with Gasteiger partial charge in [-0.05, 0) is 17.7 Å². The van der Waals surface area contributed by atoms with Gasteiger partial charge >= 0.3 is 6.09 Å². The van der Waals surface area contributed by atoms with Gasteiger partial charge in [0.1, 0.15) is 0 Å². The molecule has 1 aromatic carbocycles. The number of carbonyl (C=O) groups is 1. The summed E-state index contributed by atoms with van der Waals surface area (Å²) in [5.41, 5.74) is 0.710. The fourth-order valence-corrected chi connectivity index (χ4v) is 2.51. The Kier molecular flexibility index (Phi) is 4.16. The van der Waals surface area contributed by atoms with Crippen molar-refractivity contribution in [3.63, 3.8) is 0 Å². The zero-order chi connectivity index (χ0) is 13.2. The second kappa shape index (κ2) is 5.05. The highest BCUT2D eigenvalue weighted by atomic mass is 79.9. The Bertz CT molecular complexity index is 541. The van der Waals surface area contributed by atoms with E-state index < -0.39 is 15.9 Å². The molecule has 0 unspecified atom stereocenters. The number of sulfone groups is 1. The minimum atomic E-state index is -3.25. The van der Waals surface area contributed by atoms with Crippen LogP contribution in [-0.2, 0) is 16.4 Å². The Labute approximate surface area is 108 Å². The van der Waals surface area contributed by atoms with Crippen LogP contribution in [0.15, 0.2) is 27.6 Å². The van der Waals surface area contributed by atoms with E-state index in [1.165, 1.54) is 19.2 Å². The fraction of sp³-hybridized carbons (Fsp3) is 0.300. The summed E-state index contributed by atoms with van der Waals surface area (Å²) in [6, 6.07) is 4.53. The van der Waals surface area contributed by atoms with E-state index in [4.69, 9.17) is 5.11 Å². The lowest BCUT2D eigenvalue weighted by atomic mass is 10.2. The second-order valence-electron chi connectivity index (χ2n) is 3.66. The van der Waals surface area contributed by atoms with Gasteiger partial charge in [-0.2, -0.15) is 0 Å². The van der Waals surface area contributed by atoms with Crippen LogP contribution in [0.25, 0.3) is 0 Å². The summed E-state index contributed by atoms with van der Waals surface area (Å²) in [5, 5.41) is 8.73. The molecule has 0 aliphatic rings. The van der Waals surface area contributed by atoms with Gasteiger partial charge in [0, 0.05) is 24.3 Å². The molecule has 0 fully saturated rings. The first-order chi connectivity index (χ1) is 7.71. The lowest BCUT2D eigenvalue weighted by Gasteiger charge is -2.14. The number of nitrogens with zero attached hydrogens (tertiary/aromatic N) is 1. The third-order valence-corrected chi connectivity index (χ3v) is 4.04. The van der Waals surface area contributed by atoms with E-state index in [-0.39, 0.29) is 11.4 Å². The Hall–Kier alpha value is -1.08. The van der Waals surface area contributed by atoms with Gasteiger partial charge in [-0.15, -0.1) is 0 Å². The van der Waals surface area contributed by atoms with Crippen LogP contribution < -0.4 is 0 Å². The molecular formula is C10H12BrNO4S. The highest BCUT2D eigenvalue weighted by molar-refractivity contribution is 9.10. The van der Waals surface area contributed by atoms with E-state index in [1.807, 2.05) is 0 Å². The molecule has 1 rings (SSSR count). The molecule has 0 aromatic heterocycles. The van der Waals surface area contributed by atoms with Gasteiger partial charge in [-0.3, -0.25) is 0 Å². The molecule has 0 bridgehead atoms. The monoisotopic (exact) mass is 321 g/mol. The minimum Gasteiger partial charge on any atom is -0.465 e. The number of halogens is 1. The van der Waals surface area contributed by atoms with Gasteiger partial charge in [-0.25, -0.2) is 13.2 Å². The fourth-order valence-electron chi connectivity index (χ4n) is 1.21. The van der Waals surface area contributed by atoms with Crippen molar-refractivity contribution < 1.29 is 18.3 Å². The normalized spacial score (nSPS) is 11.2. The number of hydrogen-bond donors (Lipinski definition) is 1. The van der Waals surface area contributed by atoms with Gasteiger partial charge in [-0.1, -0.05) is 22.0 Å². The summed E-state index contributed by atoms with van der Waals surface area (Å²) in [6.45, 7) is 0.194. The Morgan fingerprint density at radius 3 is 2.47 bits per heavy atom.